The molecule has 3 rings (SSSR count). The molecule has 1 aromatic carbocycles. The van der Waals surface area contributed by atoms with Crippen LogP contribution in [-0.4, -0.2) is 23.6 Å². The van der Waals surface area contributed by atoms with Crippen LogP contribution >= 0.6 is 11.6 Å². The molecule has 0 saturated carbocycles. The van der Waals surface area contributed by atoms with E-state index >= 15 is 0 Å². The zero-order valence-corrected chi connectivity index (χ0v) is 13.5. The topological polar surface area (TPSA) is 60.5 Å². The molecule has 0 fully saturated rings. The number of ether oxygens (including phenoxy) is 2. The first kappa shape index (κ1) is 15.6. The predicted molar refractivity (Wildman–Crippen MR) is 86.8 cm³/mol. The average Bonchev–Trinajstić information content (AvgIpc) is 2.97. The summed E-state index contributed by atoms with van der Waals surface area (Å²) in [5.74, 6) is 1.09. The van der Waals surface area contributed by atoms with Gasteiger partial charge in [0.25, 0.3) is 5.91 Å². The highest BCUT2D eigenvalue weighted by atomic mass is 35.5. The van der Waals surface area contributed by atoms with E-state index in [1.54, 1.807) is 18.3 Å². The van der Waals surface area contributed by atoms with Gasteiger partial charge in [0.2, 0.25) is 5.88 Å². The van der Waals surface area contributed by atoms with Gasteiger partial charge >= 0.3 is 0 Å². The molecular formula is C17H17ClN2O3. The van der Waals surface area contributed by atoms with Crippen LogP contribution in [0.3, 0.4) is 0 Å². The van der Waals surface area contributed by atoms with Crippen molar-refractivity contribution in [1.29, 1.82) is 0 Å². The van der Waals surface area contributed by atoms with E-state index in [-0.39, 0.29) is 5.91 Å². The summed E-state index contributed by atoms with van der Waals surface area (Å²) in [5.41, 5.74) is 1.79. The Bertz CT molecular complexity index is 721. The average molecular weight is 333 g/mol. The SMILES string of the molecule is CCOc1ncccc1CNC(=O)C1Cc2cc(Cl)ccc2O1. The molecule has 1 aliphatic rings. The number of rotatable bonds is 5. The number of carbonyl (C=O) groups is 1. The maximum absolute atomic E-state index is 12.3. The first-order valence-electron chi connectivity index (χ1n) is 7.47. The van der Waals surface area contributed by atoms with Crippen molar-refractivity contribution in [2.75, 3.05) is 6.61 Å². The van der Waals surface area contributed by atoms with Crippen LogP contribution in [0.2, 0.25) is 5.02 Å². The second-order valence-electron chi connectivity index (χ2n) is 5.18. The van der Waals surface area contributed by atoms with E-state index in [9.17, 15) is 4.79 Å². The van der Waals surface area contributed by atoms with Crippen molar-refractivity contribution < 1.29 is 14.3 Å². The maximum Gasteiger partial charge on any atom is 0.261 e. The lowest BCUT2D eigenvalue weighted by Crippen LogP contribution is -2.37. The molecule has 1 aliphatic heterocycles. The fourth-order valence-electron chi connectivity index (χ4n) is 2.48. The van der Waals surface area contributed by atoms with Crippen LogP contribution in [0.5, 0.6) is 11.6 Å². The van der Waals surface area contributed by atoms with Gasteiger partial charge in [-0.1, -0.05) is 17.7 Å². The highest BCUT2D eigenvalue weighted by Crippen LogP contribution is 2.31. The summed E-state index contributed by atoms with van der Waals surface area (Å²) in [7, 11) is 0. The van der Waals surface area contributed by atoms with Crippen LogP contribution in [0.4, 0.5) is 0 Å². The minimum Gasteiger partial charge on any atom is -0.480 e. The summed E-state index contributed by atoms with van der Waals surface area (Å²) in [6.07, 6.45) is 1.65. The van der Waals surface area contributed by atoms with Gasteiger partial charge in [0.15, 0.2) is 6.10 Å². The summed E-state index contributed by atoms with van der Waals surface area (Å²) < 4.78 is 11.1. The molecule has 0 aliphatic carbocycles. The number of carbonyl (C=O) groups excluding carboxylic acids is 1. The van der Waals surface area contributed by atoms with E-state index in [0.717, 1.165) is 11.1 Å². The van der Waals surface area contributed by atoms with Crippen molar-refractivity contribution in [1.82, 2.24) is 10.3 Å². The number of nitrogens with one attached hydrogen (secondary N) is 1. The number of hydrogen-bond acceptors (Lipinski definition) is 4. The Balaban J connectivity index is 1.61. The lowest BCUT2D eigenvalue weighted by molar-refractivity contribution is -0.127. The zero-order valence-electron chi connectivity index (χ0n) is 12.7. The molecule has 1 amide bonds. The molecule has 0 saturated heterocycles. The molecule has 1 unspecified atom stereocenters. The number of halogens is 1. The lowest BCUT2D eigenvalue weighted by Gasteiger charge is -2.13. The smallest absolute Gasteiger partial charge is 0.261 e. The Morgan fingerprint density at radius 2 is 2.35 bits per heavy atom. The largest absolute Gasteiger partial charge is 0.480 e. The molecule has 1 aromatic heterocycles. The summed E-state index contributed by atoms with van der Waals surface area (Å²) in [5, 5.41) is 3.52. The molecule has 6 heteroatoms. The number of amides is 1. The minimum atomic E-state index is -0.532. The Kier molecular flexibility index (Phi) is 4.67. The molecule has 23 heavy (non-hydrogen) atoms. The van der Waals surface area contributed by atoms with E-state index in [1.807, 2.05) is 25.1 Å². The quantitative estimate of drug-likeness (QED) is 0.914. The first-order valence-corrected chi connectivity index (χ1v) is 7.84. The van der Waals surface area contributed by atoms with E-state index in [1.165, 1.54) is 0 Å². The fourth-order valence-corrected chi connectivity index (χ4v) is 2.68. The molecule has 0 spiro atoms. The van der Waals surface area contributed by atoms with Crippen molar-refractivity contribution in [3.05, 3.63) is 52.7 Å². The molecular weight excluding hydrogens is 316 g/mol. The van der Waals surface area contributed by atoms with Gasteiger partial charge in [-0.15, -0.1) is 0 Å². The van der Waals surface area contributed by atoms with Gasteiger partial charge in [0.1, 0.15) is 5.75 Å². The third-order valence-corrected chi connectivity index (χ3v) is 3.81. The molecule has 120 valence electrons. The number of fused-ring (bicyclic) bond motifs is 1. The van der Waals surface area contributed by atoms with Crippen LogP contribution in [0, 0.1) is 0 Å². The third-order valence-electron chi connectivity index (χ3n) is 3.57. The van der Waals surface area contributed by atoms with E-state index in [2.05, 4.69) is 10.3 Å². The maximum atomic E-state index is 12.3. The van der Waals surface area contributed by atoms with Gasteiger partial charge in [-0.3, -0.25) is 4.79 Å². The number of benzene rings is 1. The number of hydrogen-bond donors (Lipinski definition) is 1. The van der Waals surface area contributed by atoms with Gasteiger partial charge in [-0.05, 0) is 36.8 Å². The zero-order chi connectivity index (χ0) is 16.2. The van der Waals surface area contributed by atoms with E-state index in [0.29, 0.717) is 36.2 Å². The fraction of sp³-hybridized carbons (Fsp3) is 0.294. The summed E-state index contributed by atoms with van der Waals surface area (Å²) in [6.45, 7) is 2.77. The number of pyridine rings is 1. The standard InChI is InChI=1S/C17H17ClN2O3/c1-2-22-17-11(4-3-7-19-17)10-20-16(21)15-9-12-8-13(18)5-6-14(12)23-15/h3-8,15H,2,9-10H2,1H3,(H,20,21). The predicted octanol–water partition coefficient (Wildman–Crippen LogP) is 2.75. The molecule has 0 bridgehead atoms. The van der Waals surface area contributed by atoms with Gasteiger partial charge in [0.05, 0.1) is 6.61 Å². The molecule has 1 N–H and O–H groups in total. The molecule has 1 atom stereocenters. The number of aromatic nitrogens is 1. The van der Waals surface area contributed by atoms with E-state index in [4.69, 9.17) is 21.1 Å². The molecule has 0 radical (unpaired) electrons. The van der Waals surface area contributed by atoms with Crippen LogP contribution in [0.15, 0.2) is 36.5 Å². The Hall–Kier alpha value is -2.27. The van der Waals surface area contributed by atoms with Crippen LogP contribution < -0.4 is 14.8 Å². The second-order valence-corrected chi connectivity index (χ2v) is 5.62. The van der Waals surface area contributed by atoms with Crippen molar-refractivity contribution >= 4 is 17.5 Å². The van der Waals surface area contributed by atoms with E-state index < -0.39 is 6.10 Å². The summed E-state index contributed by atoms with van der Waals surface area (Å²) >= 11 is 5.96. The van der Waals surface area contributed by atoms with Crippen molar-refractivity contribution in [3.8, 4) is 11.6 Å². The van der Waals surface area contributed by atoms with Crippen molar-refractivity contribution in [2.24, 2.45) is 0 Å². The van der Waals surface area contributed by atoms with Crippen molar-refractivity contribution in [2.45, 2.75) is 26.0 Å². The highest BCUT2D eigenvalue weighted by Gasteiger charge is 2.29. The minimum absolute atomic E-state index is 0.163. The third kappa shape index (κ3) is 3.56. The highest BCUT2D eigenvalue weighted by molar-refractivity contribution is 6.30. The number of nitrogens with zero attached hydrogens (tertiary/aromatic N) is 1. The van der Waals surface area contributed by atoms with Crippen LogP contribution in [-0.2, 0) is 17.8 Å². The normalized spacial score (nSPS) is 15.7. The van der Waals surface area contributed by atoms with Gasteiger partial charge in [0, 0.05) is 29.7 Å². The van der Waals surface area contributed by atoms with Crippen molar-refractivity contribution in [3.63, 3.8) is 0 Å². The first-order chi connectivity index (χ1) is 11.2. The Morgan fingerprint density at radius 1 is 1.48 bits per heavy atom. The summed E-state index contributed by atoms with van der Waals surface area (Å²) in [6, 6.07) is 9.07. The van der Waals surface area contributed by atoms with Crippen LogP contribution in [0.1, 0.15) is 18.1 Å². The molecule has 5 nitrogen and oxygen atoms in total. The van der Waals surface area contributed by atoms with Crippen LogP contribution in [0.25, 0.3) is 0 Å². The summed E-state index contributed by atoms with van der Waals surface area (Å²) in [4.78, 5) is 16.5. The monoisotopic (exact) mass is 332 g/mol. The molecule has 2 heterocycles. The van der Waals surface area contributed by atoms with Gasteiger partial charge in [-0.25, -0.2) is 4.98 Å². The Labute approximate surface area is 139 Å². The lowest BCUT2D eigenvalue weighted by atomic mass is 10.1. The molecule has 2 aromatic rings. The van der Waals surface area contributed by atoms with Gasteiger partial charge < -0.3 is 14.8 Å². The van der Waals surface area contributed by atoms with Gasteiger partial charge in [-0.2, -0.15) is 0 Å². The second kappa shape index (κ2) is 6.87. The Morgan fingerprint density at radius 3 is 3.17 bits per heavy atom.